The van der Waals surface area contributed by atoms with Crippen LogP contribution in [0, 0.1) is 0 Å². The van der Waals surface area contributed by atoms with Crippen LogP contribution in [0.15, 0.2) is 0 Å². The summed E-state index contributed by atoms with van der Waals surface area (Å²) in [6, 6.07) is 0. The number of amides is 1. The molecule has 0 radical (unpaired) electrons. The van der Waals surface area contributed by atoms with Crippen LogP contribution in [0.5, 0.6) is 0 Å². The summed E-state index contributed by atoms with van der Waals surface area (Å²) in [6.07, 6.45) is 4.12. The van der Waals surface area contributed by atoms with Gasteiger partial charge in [0.05, 0.1) is 5.60 Å². The van der Waals surface area contributed by atoms with Gasteiger partial charge in [-0.15, -0.1) is 0 Å². The van der Waals surface area contributed by atoms with E-state index >= 15 is 0 Å². The topological polar surface area (TPSA) is 69.6 Å². The van der Waals surface area contributed by atoms with E-state index in [1.54, 1.807) is 0 Å². The van der Waals surface area contributed by atoms with Gasteiger partial charge >= 0.3 is 5.92 Å². The average Bonchev–Trinajstić information content (AvgIpc) is 2.33. The summed E-state index contributed by atoms with van der Waals surface area (Å²) in [7, 11) is 0. The summed E-state index contributed by atoms with van der Waals surface area (Å²) in [5, 5.41) is 21.9. The Labute approximate surface area is 111 Å². The molecular weight excluding hydrogens is 256 g/mol. The zero-order valence-electron chi connectivity index (χ0n) is 10.9. The lowest BCUT2D eigenvalue weighted by Crippen LogP contribution is -2.61. The van der Waals surface area contributed by atoms with Gasteiger partial charge in [0.25, 0.3) is 5.91 Å². The second kappa shape index (κ2) is 4.98. The average molecular weight is 277 g/mol. The minimum atomic E-state index is -3.78. The molecule has 1 amide bonds. The van der Waals surface area contributed by atoms with E-state index in [1.165, 1.54) is 0 Å². The van der Waals surface area contributed by atoms with Crippen molar-refractivity contribution in [3.8, 4) is 0 Å². The van der Waals surface area contributed by atoms with Crippen molar-refractivity contribution in [1.82, 2.24) is 5.32 Å². The number of nitrogens with one attached hydrogen (secondary N) is 1. The molecule has 2 aliphatic rings. The van der Waals surface area contributed by atoms with Crippen LogP contribution in [0.25, 0.3) is 0 Å². The molecule has 4 nitrogen and oxygen atoms in total. The second-order valence-electron chi connectivity index (χ2n) is 5.93. The van der Waals surface area contributed by atoms with Crippen molar-refractivity contribution in [2.75, 3.05) is 6.54 Å². The van der Waals surface area contributed by atoms with Crippen molar-refractivity contribution in [2.24, 2.45) is 0 Å². The Morgan fingerprint density at radius 2 is 1.63 bits per heavy atom. The Bertz CT molecular complexity index is 350. The number of carbonyl (C=O) groups excluding carboxylic acids is 1. The Morgan fingerprint density at radius 1 is 1.05 bits per heavy atom. The lowest BCUT2D eigenvalue weighted by molar-refractivity contribution is -0.216. The van der Waals surface area contributed by atoms with Crippen molar-refractivity contribution in [1.29, 1.82) is 0 Å². The largest absolute Gasteiger partial charge is 0.388 e. The first-order valence-corrected chi connectivity index (χ1v) is 6.90. The van der Waals surface area contributed by atoms with Crippen molar-refractivity contribution >= 4 is 5.91 Å². The molecule has 6 heteroatoms. The molecule has 0 saturated heterocycles. The molecule has 0 aromatic carbocycles. The summed E-state index contributed by atoms with van der Waals surface area (Å²) < 4.78 is 27.6. The third-order valence-corrected chi connectivity index (χ3v) is 4.41. The van der Waals surface area contributed by atoms with E-state index in [9.17, 15) is 23.8 Å². The van der Waals surface area contributed by atoms with E-state index in [-0.39, 0.29) is 19.4 Å². The molecule has 2 fully saturated rings. The molecule has 110 valence electrons. The smallest absolute Gasteiger partial charge is 0.352 e. The van der Waals surface area contributed by atoms with Gasteiger partial charge in [-0.2, -0.15) is 8.78 Å². The summed E-state index contributed by atoms with van der Waals surface area (Å²) >= 11 is 0. The first-order chi connectivity index (χ1) is 8.79. The number of hydrogen-bond donors (Lipinski definition) is 3. The fourth-order valence-corrected chi connectivity index (χ4v) is 2.78. The fourth-order valence-electron chi connectivity index (χ4n) is 2.78. The molecule has 0 spiro atoms. The molecule has 0 bridgehead atoms. The van der Waals surface area contributed by atoms with E-state index in [0.29, 0.717) is 19.3 Å². The van der Waals surface area contributed by atoms with Gasteiger partial charge in [-0.25, -0.2) is 0 Å². The monoisotopic (exact) mass is 277 g/mol. The van der Waals surface area contributed by atoms with E-state index in [1.807, 2.05) is 0 Å². The van der Waals surface area contributed by atoms with Crippen LogP contribution in [0.3, 0.4) is 0 Å². The van der Waals surface area contributed by atoms with E-state index in [2.05, 4.69) is 5.32 Å². The number of alkyl halides is 2. The Balaban J connectivity index is 1.90. The quantitative estimate of drug-likeness (QED) is 0.726. The van der Waals surface area contributed by atoms with E-state index in [0.717, 1.165) is 19.3 Å². The lowest BCUT2D eigenvalue weighted by Gasteiger charge is -2.42. The standard InChI is InChI=1S/C13H21F2NO3/c14-13(15,12(19)7-4-8-12)10(17)16-9-11(18)5-2-1-3-6-11/h18-19H,1-9H2,(H,16,17). The van der Waals surface area contributed by atoms with Crippen molar-refractivity contribution in [2.45, 2.75) is 68.5 Å². The Hall–Kier alpha value is -0.750. The fraction of sp³-hybridized carbons (Fsp3) is 0.923. The van der Waals surface area contributed by atoms with Gasteiger partial charge in [-0.1, -0.05) is 19.3 Å². The minimum Gasteiger partial charge on any atom is -0.388 e. The third-order valence-electron chi connectivity index (χ3n) is 4.41. The highest BCUT2D eigenvalue weighted by Crippen LogP contribution is 2.44. The van der Waals surface area contributed by atoms with Gasteiger partial charge in [0.2, 0.25) is 0 Å². The number of halogens is 2. The summed E-state index contributed by atoms with van der Waals surface area (Å²) in [5.41, 5.74) is -3.28. The van der Waals surface area contributed by atoms with Crippen molar-refractivity contribution < 1.29 is 23.8 Å². The predicted molar refractivity (Wildman–Crippen MR) is 64.8 cm³/mol. The molecule has 0 heterocycles. The van der Waals surface area contributed by atoms with E-state index in [4.69, 9.17) is 0 Å². The third kappa shape index (κ3) is 2.74. The number of aliphatic hydroxyl groups is 2. The lowest BCUT2D eigenvalue weighted by atomic mass is 9.75. The highest BCUT2D eigenvalue weighted by Gasteiger charge is 2.61. The minimum absolute atomic E-state index is 0.0578. The SMILES string of the molecule is O=C(NCC1(O)CCCCC1)C(F)(F)C1(O)CCC1. The van der Waals surface area contributed by atoms with Crippen LogP contribution in [0.1, 0.15) is 51.4 Å². The van der Waals surface area contributed by atoms with Crippen LogP contribution in [0.4, 0.5) is 8.78 Å². The van der Waals surface area contributed by atoms with E-state index < -0.39 is 23.0 Å². The number of hydrogen-bond acceptors (Lipinski definition) is 3. The van der Waals surface area contributed by atoms with Crippen LogP contribution < -0.4 is 5.32 Å². The van der Waals surface area contributed by atoms with Gasteiger partial charge in [0.1, 0.15) is 5.60 Å². The first kappa shape index (κ1) is 14.7. The Kier molecular flexibility index (Phi) is 3.84. The molecule has 2 aliphatic carbocycles. The van der Waals surface area contributed by atoms with Crippen LogP contribution >= 0.6 is 0 Å². The van der Waals surface area contributed by atoms with Gasteiger partial charge in [-0.05, 0) is 32.1 Å². The van der Waals surface area contributed by atoms with Gasteiger partial charge in [-0.3, -0.25) is 4.79 Å². The highest BCUT2D eigenvalue weighted by molar-refractivity contribution is 5.85. The van der Waals surface area contributed by atoms with Gasteiger partial charge in [0, 0.05) is 6.54 Å². The number of carbonyl (C=O) groups is 1. The molecule has 0 aromatic heterocycles. The zero-order valence-corrected chi connectivity index (χ0v) is 10.9. The maximum absolute atomic E-state index is 13.8. The van der Waals surface area contributed by atoms with Crippen LogP contribution in [0.2, 0.25) is 0 Å². The zero-order chi connectivity index (χ0) is 14.1. The maximum Gasteiger partial charge on any atom is 0.352 e. The summed E-state index contributed by atoms with van der Waals surface area (Å²) in [4.78, 5) is 11.6. The molecule has 2 rings (SSSR count). The summed E-state index contributed by atoms with van der Waals surface area (Å²) in [6.45, 7) is -0.169. The highest BCUT2D eigenvalue weighted by atomic mass is 19.3. The summed E-state index contributed by atoms with van der Waals surface area (Å²) in [5.74, 6) is -5.26. The van der Waals surface area contributed by atoms with Crippen molar-refractivity contribution in [3.63, 3.8) is 0 Å². The van der Waals surface area contributed by atoms with Crippen LogP contribution in [-0.2, 0) is 4.79 Å². The number of rotatable bonds is 4. The molecule has 0 atom stereocenters. The molecule has 2 saturated carbocycles. The first-order valence-electron chi connectivity index (χ1n) is 6.90. The Morgan fingerprint density at radius 3 is 2.11 bits per heavy atom. The second-order valence-corrected chi connectivity index (χ2v) is 5.93. The van der Waals surface area contributed by atoms with Gasteiger partial charge in [0.15, 0.2) is 0 Å². The van der Waals surface area contributed by atoms with Crippen molar-refractivity contribution in [3.05, 3.63) is 0 Å². The molecule has 0 aromatic rings. The molecule has 19 heavy (non-hydrogen) atoms. The molecule has 3 N–H and O–H groups in total. The van der Waals surface area contributed by atoms with Gasteiger partial charge < -0.3 is 15.5 Å². The molecule has 0 aliphatic heterocycles. The maximum atomic E-state index is 13.8. The molecular formula is C13H21F2NO3. The molecule has 0 unspecified atom stereocenters. The predicted octanol–water partition coefficient (Wildman–Crippen LogP) is 1.35. The van der Waals surface area contributed by atoms with Crippen LogP contribution in [-0.4, -0.2) is 39.8 Å². The normalized spacial score (nSPS) is 25.5.